The van der Waals surface area contributed by atoms with Crippen molar-refractivity contribution in [1.82, 2.24) is 5.32 Å². The van der Waals surface area contributed by atoms with Crippen molar-refractivity contribution >= 4 is 5.69 Å². The minimum absolute atomic E-state index is 0.699. The minimum atomic E-state index is 0.699. The molecular formula is C18H28N2. The molecule has 0 amide bonds. The molecule has 1 aliphatic heterocycles. The molecule has 1 heterocycles. The summed E-state index contributed by atoms with van der Waals surface area (Å²) in [5, 5.41) is 3.51. The van der Waals surface area contributed by atoms with Crippen molar-refractivity contribution in [3.05, 3.63) is 30.3 Å². The number of piperidine rings is 1. The highest BCUT2D eigenvalue weighted by atomic mass is 15.1. The van der Waals surface area contributed by atoms with Gasteiger partial charge in [0, 0.05) is 18.8 Å². The Bertz CT molecular complexity index is 409. The summed E-state index contributed by atoms with van der Waals surface area (Å²) in [6.45, 7) is 7.23. The Morgan fingerprint density at radius 3 is 2.65 bits per heavy atom. The van der Waals surface area contributed by atoms with Crippen LogP contribution in [0.2, 0.25) is 0 Å². The number of nitrogens with one attached hydrogen (secondary N) is 1. The Morgan fingerprint density at radius 1 is 1.20 bits per heavy atom. The molecule has 0 aromatic heterocycles. The molecular weight excluding hydrogens is 244 g/mol. The van der Waals surface area contributed by atoms with Gasteiger partial charge in [-0.3, -0.25) is 0 Å². The van der Waals surface area contributed by atoms with E-state index in [0.29, 0.717) is 5.41 Å². The number of hydrogen-bond acceptors (Lipinski definition) is 2. The van der Waals surface area contributed by atoms with Crippen LogP contribution in [0.25, 0.3) is 0 Å². The largest absolute Gasteiger partial charge is 0.371 e. The number of unbranched alkanes of at least 4 members (excludes halogenated alkanes) is 1. The fourth-order valence-corrected chi connectivity index (χ4v) is 3.81. The normalized spacial score (nSPS) is 23.8. The van der Waals surface area contributed by atoms with Gasteiger partial charge >= 0.3 is 0 Å². The van der Waals surface area contributed by atoms with E-state index in [1.807, 2.05) is 0 Å². The molecule has 0 bridgehead atoms. The fraction of sp³-hybridized carbons (Fsp3) is 0.667. The third-order valence-electron chi connectivity index (χ3n) is 5.30. The molecule has 1 aromatic carbocycles. The molecule has 1 N–H and O–H groups in total. The predicted molar refractivity (Wildman–Crippen MR) is 86.2 cm³/mol. The second-order valence-corrected chi connectivity index (χ2v) is 6.65. The van der Waals surface area contributed by atoms with Crippen LogP contribution in [-0.2, 0) is 0 Å². The van der Waals surface area contributed by atoms with Crippen molar-refractivity contribution < 1.29 is 0 Å². The lowest BCUT2D eigenvalue weighted by Gasteiger charge is -2.28. The van der Waals surface area contributed by atoms with Gasteiger partial charge in [-0.1, -0.05) is 31.5 Å². The van der Waals surface area contributed by atoms with Crippen molar-refractivity contribution in [2.45, 2.75) is 39.0 Å². The maximum Gasteiger partial charge on any atom is 0.0366 e. The van der Waals surface area contributed by atoms with E-state index in [2.05, 4.69) is 47.5 Å². The molecule has 1 atom stereocenters. The van der Waals surface area contributed by atoms with Crippen molar-refractivity contribution in [3.63, 3.8) is 0 Å². The first-order chi connectivity index (χ1) is 9.84. The number of rotatable bonds is 6. The first-order valence-electron chi connectivity index (χ1n) is 8.35. The van der Waals surface area contributed by atoms with Crippen LogP contribution in [-0.4, -0.2) is 26.2 Å². The number of hydrogen-bond donors (Lipinski definition) is 1. The van der Waals surface area contributed by atoms with E-state index in [4.69, 9.17) is 0 Å². The van der Waals surface area contributed by atoms with E-state index in [1.54, 1.807) is 0 Å². The lowest BCUT2D eigenvalue weighted by molar-refractivity contribution is 0.323. The van der Waals surface area contributed by atoms with Gasteiger partial charge in [-0.15, -0.1) is 0 Å². The first kappa shape index (κ1) is 13.9. The van der Waals surface area contributed by atoms with E-state index in [1.165, 1.54) is 64.0 Å². The van der Waals surface area contributed by atoms with Crippen LogP contribution < -0.4 is 10.2 Å². The Hall–Kier alpha value is -1.02. The monoisotopic (exact) mass is 272 g/mol. The Kier molecular flexibility index (Phi) is 4.30. The maximum atomic E-state index is 3.51. The van der Waals surface area contributed by atoms with Gasteiger partial charge in [0.25, 0.3) is 0 Å². The van der Waals surface area contributed by atoms with Gasteiger partial charge in [0.05, 0.1) is 0 Å². The van der Waals surface area contributed by atoms with Gasteiger partial charge < -0.3 is 10.2 Å². The Balaban J connectivity index is 1.62. The quantitative estimate of drug-likeness (QED) is 0.850. The molecule has 1 aliphatic carbocycles. The van der Waals surface area contributed by atoms with E-state index in [-0.39, 0.29) is 0 Å². The molecule has 1 aromatic rings. The molecule has 1 saturated carbocycles. The summed E-state index contributed by atoms with van der Waals surface area (Å²) in [7, 11) is 0. The molecule has 2 nitrogen and oxygen atoms in total. The lowest BCUT2D eigenvalue weighted by atomic mass is 9.92. The molecule has 1 saturated heterocycles. The number of para-hydroxylation sites is 1. The van der Waals surface area contributed by atoms with E-state index in [9.17, 15) is 0 Å². The van der Waals surface area contributed by atoms with Crippen molar-refractivity contribution in [2.24, 2.45) is 11.3 Å². The summed E-state index contributed by atoms with van der Waals surface area (Å²) in [6.07, 6.45) is 6.84. The zero-order valence-electron chi connectivity index (χ0n) is 12.8. The van der Waals surface area contributed by atoms with Gasteiger partial charge in [-0.05, 0) is 62.2 Å². The summed E-state index contributed by atoms with van der Waals surface area (Å²) < 4.78 is 0. The van der Waals surface area contributed by atoms with Crippen LogP contribution in [0.4, 0.5) is 5.69 Å². The maximum absolute atomic E-state index is 3.51. The summed E-state index contributed by atoms with van der Waals surface area (Å²) in [4.78, 5) is 2.63. The highest BCUT2D eigenvalue weighted by Gasteiger charge is 2.53. The highest BCUT2D eigenvalue weighted by Crippen LogP contribution is 2.58. The lowest BCUT2D eigenvalue weighted by Crippen LogP contribution is -2.33. The molecule has 2 fully saturated rings. The summed E-state index contributed by atoms with van der Waals surface area (Å²) in [5.74, 6) is 0.932. The Morgan fingerprint density at radius 2 is 1.95 bits per heavy atom. The standard InChI is InChI=1S/C18H28N2/c1-2-3-13-20(17-7-5-4-6-8-17)15-16-14-18(16)9-11-19-12-10-18/h4-8,16,19H,2-3,9-15H2,1H3. The third-order valence-corrected chi connectivity index (χ3v) is 5.30. The highest BCUT2D eigenvalue weighted by molar-refractivity contribution is 5.46. The molecule has 20 heavy (non-hydrogen) atoms. The van der Waals surface area contributed by atoms with Crippen LogP contribution in [0.15, 0.2) is 30.3 Å². The van der Waals surface area contributed by atoms with Gasteiger partial charge in [0.1, 0.15) is 0 Å². The van der Waals surface area contributed by atoms with Crippen LogP contribution in [0.3, 0.4) is 0 Å². The SMILES string of the molecule is CCCCN(CC1CC12CCNCC2)c1ccccc1. The van der Waals surface area contributed by atoms with E-state index < -0.39 is 0 Å². The zero-order chi connectivity index (χ0) is 13.8. The Labute approximate surface area is 123 Å². The summed E-state index contributed by atoms with van der Waals surface area (Å²) >= 11 is 0. The van der Waals surface area contributed by atoms with Gasteiger partial charge in [-0.25, -0.2) is 0 Å². The molecule has 1 unspecified atom stereocenters. The predicted octanol–water partition coefficient (Wildman–Crippen LogP) is 3.68. The van der Waals surface area contributed by atoms with Crippen molar-refractivity contribution in [1.29, 1.82) is 0 Å². The van der Waals surface area contributed by atoms with Crippen LogP contribution >= 0.6 is 0 Å². The molecule has 3 rings (SSSR count). The van der Waals surface area contributed by atoms with Crippen LogP contribution in [0.5, 0.6) is 0 Å². The second kappa shape index (κ2) is 6.17. The minimum Gasteiger partial charge on any atom is -0.371 e. The number of benzene rings is 1. The molecule has 2 aliphatic rings. The zero-order valence-corrected chi connectivity index (χ0v) is 12.8. The number of anilines is 1. The molecule has 1 spiro atoms. The van der Waals surface area contributed by atoms with Gasteiger partial charge in [-0.2, -0.15) is 0 Å². The van der Waals surface area contributed by atoms with E-state index >= 15 is 0 Å². The summed E-state index contributed by atoms with van der Waals surface area (Å²) in [6, 6.07) is 11.0. The first-order valence-corrected chi connectivity index (χ1v) is 8.35. The topological polar surface area (TPSA) is 15.3 Å². The van der Waals surface area contributed by atoms with Gasteiger partial charge in [0.15, 0.2) is 0 Å². The van der Waals surface area contributed by atoms with E-state index in [0.717, 1.165) is 5.92 Å². The molecule has 2 heteroatoms. The fourth-order valence-electron chi connectivity index (χ4n) is 3.81. The average Bonchev–Trinajstić information content (AvgIpc) is 3.16. The van der Waals surface area contributed by atoms with Crippen LogP contribution in [0.1, 0.15) is 39.0 Å². The van der Waals surface area contributed by atoms with Crippen LogP contribution in [0, 0.1) is 11.3 Å². The number of nitrogens with zero attached hydrogens (tertiary/aromatic N) is 1. The average molecular weight is 272 g/mol. The van der Waals surface area contributed by atoms with Crippen molar-refractivity contribution in [2.75, 3.05) is 31.1 Å². The smallest absolute Gasteiger partial charge is 0.0366 e. The summed E-state index contributed by atoms with van der Waals surface area (Å²) in [5.41, 5.74) is 2.11. The molecule has 0 radical (unpaired) electrons. The van der Waals surface area contributed by atoms with Gasteiger partial charge in [0.2, 0.25) is 0 Å². The third kappa shape index (κ3) is 3.01. The molecule has 110 valence electrons. The van der Waals surface area contributed by atoms with Crippen molar-refractivity contribution in [3.8, 4) is 0 Å². The second-order valence-electron chi connectivity index (χ2n) is 6.65.